The van der Waals surface area contributed by atoms with Crippen molar-refractivity contribution in [3.8, 4) is 0 Å². The van der Waals surface area contributed by atoms with Crippen LogP contribution >= 0.6 is 0 Å². The number of nitrogens with two attached hydrogens (primary N) is 1. The molecule has 0 unspecified atom stereocenters. The van der Waals surface area contributed by atoms with Crippen LogP contribution in [-0.4, -0.2) is 44.3 Å². The molecule has 0 aromatic carbocycles. The number of pyridine rings is 1. The summed E-state index contributed by atoms with van der Waals surface area (Å²) in [7, 11) is -0.818. The number of hydrogen-bond donors (Lipinski definition) is 2. The Morgan fingerprint density at radius 2 is 2.22 bits per heavy atom. The molecular formula is C10H16N4O3S. The lowest BCUT2D eigenvalue weighted by Gasteiger charge is -2.17. The molecule has 100 valence electrons. The van der Waals surface area contributed by atoms with Crippen LogP contribution < -0.4 is 11.1 Å². The van der Waals surface area contributed by atoms with Crippen molar-refractivity contribution in [2.24, 2.45) is 0 Å². The van der Waals surface area contributed by atoms with E-state index in [0.717, 1.165) is 4.31 Å². The van der Waals surface area contributed by atoms with E-state index in [1.165, 1.54) is 32.4 Å². The van der Waals surface area contributed by atoms with Crippen molar-refractivity contribution < 1.29 is 13.2 Å². The first-order chi connectivity index (χ1) is 8.39. The summed E-state index contributed by atoms with van der Waals surface area (Å²) in [6.07, 6.45) is 1.51. The first-order valence-electron chi connectivity index (χ1n) is 5.27. The number of hydrogen-bond acceptors (Lipinski definition) is 5. The Morgan fingerprint density at radius 3 is 2.78 bits per heavy atom. The molecule has 0 bridgehead atoms. The van der Waals surface area contributed by atoms with E-state index < -0.39 is 10.0 Å². The molecule has 0 aliphatic rings. The van der Waals surface area contributed by atoms with Crippen LogP contribution in [0.3, 0.4) is 0 Å². The van der Waals surface area contributed by atoms with Gasteiger partial charge in [-0.1, -0.05) is 0 Å². The van der Waals surface area contributed by atoms with Gasteiger partial charge in [-0.25, -0.2) is 17.7 Å². The van der Waals surface area contributed by atoms with E-state index >= 15 is 0 Å². The zero-order valence-electron chi connectivity index (χ0n) is 10.3. The van der Waals surface area contributed by atoms with Crippen LogP contribution in [0.4, 0.5) is 5.82 Å². The Balaban J connectivity index is 2.87. The Hall–Kier alpha value is -1.67. The van der Waals surface area contributed by atoms with Gasteiger partial charge in [0.1, 0.15) is 10.7 Å². The molecule has 0 atom stereocenters. The standard InChI is InChI=1S/C10H16N4O3S/c1-12-9(15)5-7-14(2)18(16,17)8-4-3-6-13-10(8)11/h3-4,6H,5,7H2,1-2H3,(H2,11,13)(H,12,15). The van der Waals surface area contributed by atoms with Crippen molar-refractivity contribution in [2.45, 2.75) is 11.3 Å². The summed E-state index contributed by atoms with van der Waals surface area (Å²) in [6.45, 7) is 0.0797. The monoisotopic (exact) mass is 272 g/mol. The van der Waals surface area contributed by atoms with Gasteiger partial charge in [-0.2, -0.15) is 0 Å². The largest absolute Gasteiger partial charge is 0.383 e. The highest BCUT2D eigenvalue weighted by Crippen LogP contribution is 2.18. The van der Waals surface area contributed by atoms with E-state index in [2.05, 4.69) is 10.3 Å². The first kappa shape index (κ1) is 14.4. The average molecular weight is 272 g/mol. The van der Waals surface area contributed by atoms with Crippen LogP contribution in [0.15, 0.2) is 23.2 Å². The molecule has 1 heterocycles. The van der Waals surface area contributed by atoms with Crippen molar-refractivity contribution >= 4 is 21.7 Å². The number of sulfonamides is 1. The van der Waals surface area contributed by atoms with Crippen LogP contribution in [0.1, 0.15) is 6.42 Å². The van der Waals surface area contributed by atoms with Gasteiger partial charge >= 0.3 is 0 Å². The van der Waals surface area contributed by atoms with Gasteiger partial charge in [0.25, 0.3) is 0 Å². The highest BCUT2D eigenvalue weighted by Gasteiger charge is 2.23. The number of anilines is 1. The molecule has 1 aromatic rings. The third-order valence-electron chi connectivity index (χ3n) is 2.42. The second-order valence-corrected chi connectivity index (χ2v) is 5.65. The minimum atomic E-state index is -3.71. The molecule has 8 heteroatoms. The van der Waals surface area contributed by atoms with E-state index in [1.54, 1.807) is 0 Å². The minimum Gasteiger partial charge on any atom is -0.383 e. The number of carbonyl (C=O) groups is 1. The van der Waals surface area contributed by atoms with Crippen molar-refractivity contribution in [1.29, 1.82) is 0 Å². The highest BCUT2D eigenvalue weighted by atomic mass is 32.2. The Morgan fingerprint density at radius 1 is 1.56 bits per heavy atom. The lowest BCUT2D eigenvalue weighted by Crippen LogP contribution is -2.32. The molecule has 0 saturated heterocycles. The summed E-state index contributed by atoms with van der Waals surface area (Å²) < 4.78 is 25.3. The summed E-state index contributed by atoms with van der Waals surface area (Å²) in [5.41, 5.74) is 5.53. The number of nitrogens with zero attached hydrogens (tertiary/aromatic N) is 2. The van der Waals surface area contributed by atoms with E-state index in [-0.39, 0.29) is 29.6 Å². The lowest BCUT2D eigenvalue weighted by molar-refractivity contribution is -0.120. The van der Waals surface area contributed by atoms with Gasteiger partial charge in [0.15, 0.2) is 0 Å². The fraction of sp³-hybridized carbons (Fsp3) is 0.400. The van der Waals surface area contributed by atoms with Crippen molar-refractivity contribution in [1.82, 2.24) is 14.6 Å². The predicted octanol–water partition coefficient (Wildman–Crippen LogP) is -0.580. The summed E-state index contributed by atoms with van der Waals surface area (Å²) in [6, 6.07) is 2.88. The second kappa shape index (κ2) is 5.78. The third-order valence-corrected chi connectivity index (χ3v) is 4.32. The first-order valence-corrected chi connectivity index (χ1v) is 6.71. The number of rotatable bonds is 5. The maximum absolute atomic E-state index is 12.1. The molecule has 1 aromatic heterocycles. The number of carbonyl (C=O) groups excluding carboxylic acids is 1. The molecule has 18 heavy (non-hydrogen) atoms. The van der Waals surface area contributed by atoms with Crippen LogP contribution in [0.2, 0.25) is 0 Å². The zero-order chi connectivity index (χ0) is 13.8. The average Bonchev–Trinajstić information content (AvgIpc) is 2.35. The van der Waals surface area contributed by atoms with E-state index in [4.69, 9.17) is 5.73 Å². The molecule has 0 fully saturated rings. The smallest absolute Gasteiger partial charge is 0.246 e. The quantitative estimate of drug-likeness (QED) is 0.746. The van der Waals surface area contributed by atoms with E-state index in [9.17, 15) is 13.2 Å². The SMILES string of the molecule is CNC(=O)CCN(C)S(=O)(=O)c1cccnc1N. The van der Waals surface area contributed by atoms with E-state index in [1.807, 2.05) is 0 Å². The summed E-state index contributed by atoms with van der Waals surface area (Å²) in [5.74, 6) is -0.277. The topological polar surface area (TPSA) is 105 Å². The molecular weight excluding hydrogens is 256 g/mol. The van der Waals surface area contributed by atoms with Crippen molar-refractivity contribution in [3.05, 3.63) is 18.3 Å². The maximum atomic E-state index is 12.1. The van der Waals surface area contributed by atoms with Crippen LogP contribution in [-0.2, 0) is 14.8 Å². The Bertz CT molecular complexity index is 530. The summed E-state index contributed by atoms with van der Waals surface area (Å²) in [4.78, 5) is 14.8. The van der Waals surface area contributed by atoms with Gasteiger partial charge in [-0.15, -0.1) is 0 Å². The molecule has 0 spiro atoms. The Labute approximate surface area is 106 Å². The van der Waals surface area contributed by atoms with Crippen LogP contribution in [0.5, 0.6) is 0 Å². The van der Waals surface area contributed by atoms with Crippen molar-refractivity contribution in [3.63, 3.8) is 0 Å². The van der Waals surface area contributed by atoms with Gasteiger partial charge in [-0.05, 0) is 12.1 Å². The number of nitrogens with one attached hydrogen (secondary N) is 1. The van der Waals surface area contributed by atoms with Gasteiger partial charge in [0, 0.05) is 33.3 Å². The third kappa shape index (κ3) is 3.17. The second-order valence-electron chi connectivity index (χ2n) is 3.64. The molecule has 0 radical (unpaired) electrons. The summed E-state index contributed by atoms with van der Waals surface area (Å²) >= 11 is 0. The Kier molecular flexibility index (Phi) is 4.62. The van der Waals surface area contributed by atoms with Gasteiger partial charge in [-0.3, -0.25) is 4.79 Å². The number of aromatic nitrogens is 1. The zero-order valence-corrected chi connectivity index (χ0v) is 11.1. The summed E-state index contributed by atoms with van der Waals surface area (Å²) in [5, 5.41) is 2.43. The molecule has 7 nitrogen and oxygen atoms in total. The fourth-order valence-electron chi connectivity index (χ4n) is 1.29. The highest BCUT2D eigenvalue weighted by molar-refractivity contribution is 7.89. The molecule has 1 amide bonds. The van der Waals surface area contributed by atoms with Gasteiger partial charge < -0.3 is 11.1 Å². The predicted molar refractivity (Wildman–Crippen MR) is 67.1 cm³/mol. The normalized spacial score (nSPS) is 11.5. The molecule has 0 aliphatic heterocycles. The minimum absolute atomic E-state index is 0.0515. The molecule has 0 aliphatic carbocycles. The van der Waals surface area contributed by atoms with Gasteiger partial charge in [0.05, 0.1) is 0 Å². The van der Waals surface area contributed by atoms with Crippen LogP contribution in [0, 0.1) is 0 Å². The van der Waals surface area contributed by atoms with Gasteiger partial charge in [0.2, 0.25) is 15.9 Å². The molecule has 0 saturated carbocycles. The maximum Gasteiger partial charge on any atom is 0.246 e. The fourth-order valence-corrected chi connectivity index (χ4v) is 2.53. The molecule has 3 N–H and O–H groups in total. The number of amides is 1. The van der Waals surface area contributed by atoms with Crippen LogP contribution in [0.25, 0.3) is 0 Å². The lowest BCUT2D eigenvalue weighted by atomic mass is 10.4. The number of nitrogen functional groups attached to an aromatic ring is 1. The van der Waals surface area contributed by atoms with E-state index in [0.29, 0.717) is 0 Å². The molecule has 1 rings (SSSR count). The van der Waals surface area contributed by atoms with Crippen molar-refractivity contribution in [2.75, 3.05) is 26.4 Å².